The van der Waals surface area contributed by atoms with Crippen molar-refractivity contribution in [3.63, 3.8) is 0 Å². The monoisotopic (exact) mass is 385 g/mol. The second-order valence-electron chi connectivity index (χ2n) is 4.10. The zero-order valence-corrected chi connectivity index (χ0v) is 15.0. The van der Waals surface area contributed by atoms with Crippen molar-refractivity contribution < 1.29 is 18.4 Å². The van der Waals surface area contributed by atoms with Gasteiger partial charge in [-0.15, -0.1) is 0 Å². The Bertz CT molecular complexity index is 566. The summed E-state index contributed by atoms with van der Waals surface area (Å²) in [5.41, 5.74) is 0.810. The molecule has 0 aromatic heterocycles. The van der Waals surface area contributed by atoms with E-state index in [1.807, 2.05) is 30.3 Å². The molecule has 5 nitrogen and oxygen atoms in total. The smallest absolute Gasteiger partial charge is 0.335 e. The molecule has 0 radical (unpaired) electrons. The maximum atomic E-state index is 12.4. The lowest BCUT2D eigenvalue weighted by molar-refractivity contribution is -0.116. The summed E-state index contributed by atoms with van der Waals surface area (Å²) in [6.45, 7) is 0. The van der Waals surface area contributed by atoms with Gasteiger partial charge in [0.2, 0.25) is 9.70 Å². The van der Waals surface area contributed by atoms with Crippen LogP contribution in [0.1, 0.15) is 5.56 Å². The highest BCUT2D eigenvalue weighted by atomic mass is 35.6. The van der Waals surface area contributed by atoms with Gasteiger partial charge in [-0.2, -0.15) is 0 Å². The largest absolute Gasteiger partial charge is 0.356 e. The first kappa shape index (κ1) is 19.5. The molecule has 9 heteroatoms. The number of rotatable bonds is 6. The topological polar surface area (TPSA) is 64.6 Å². The molecule has 1 atom stereocenters. The molecule has 1 aromatic rings. The van der Waals surface area contributed by atoms with Crippen molar-refractivity contribution in [2.45, 2.75) is 9.58 Å². The van der Waals surface area contributed by atoms with Crippen LogP contribution in [0, 0.1) is 0 Å². The summed E-state index contributed by atoms with van der Waals surface area (Å²) in [5.74, 6) is -2.05. The predicted molar refractivity (Wildman–Crippen MR) is 89.3 cm³/mol. The summed E-state index contributed by atoms with van der Waals surface area (Å²) in [6, 6.07) is 9.12. The second-order valence-corrected chi connectivity index (χ2v) is 8.80. The van der Waals surface area contributed by atoms with Crippen LogP contribution in [-0.4, -0.2) is 29.7 Å². The van der Waals surface area contributed by atoms with Gasteiger partial charge in [0.05, 0.1) is 0 Å². The van der Waals surface area contributed by atoms with Gasteiger partial charge in [0.25, 0.3) is 0 Å². The minimum absolute atomic E-state index is 0.602. The Kier molecular flexibility index (Phi) is 7.39. The van der Waals surface area contributed by atoms with Crippen molar-refractivity contribution in [2.24, 2.45) is 0 Å². The van der Waals surface area contributed by atoms with Gasteiger partial charge < -0.3 is 14.4 Å². The van der Waals surface area contributed by atoms with Crippen LogP contribution in [0.2, 0.25) is 0 Å². The van der Waals surface area contributed by atoms with Gasteiger partial charge in [-0.25, -0.2) is 0 Å². The summed E-state index contributed by atoms with van der Waals surface area (Å²) in [6.07, 6.45) is 2.80. The Morgan fingerprint density at radius 2 is 1.77 bits per heavy atom. The average molecular weight is 387 g/mol. The molecule has 1 amide bonds. The molecule has 0 saturated heterocycles. The molecule has 0 saturated carbocycles. The molecule has 0 aliphatic heterocycles. The molecular formula is C13H15Cl3NO4P. The van der Waals surface area contributed by atoms with Gasteiger partial charge >= 0.3 is 7.60 Å². The molecule has 22 heavy (non-hydrogen) atoms. The minimum Gasteiger partial charge on any atom is -0.335 e. The van der Waals surface area contributed by atoms with Crippen molar-refractivity contribution >= 4 is 54.4 Å². The first-order valence-electron chi connectivity index (χ1n) is 6.04. The van der Waals surface area contributed by atoms with Crippen molar-refractivity contribution in [1.29, 1.82) is 0 Å². The van der Waals surface area contributed by atoms with Crippen LogP contribution in [0.5, 0.6) is 0 Å². The molecule has 0 aliphatic carbocycles. The number of benzene rings is 1. The average Bonchev–Trinajstić information content (AvgIpc) is 2.50. The summed E-state index contributed by atoms with van der Waals surface area (Å²) in [4.78, 5) is 11.9. The van der Waals surface area contributed by atoms with E-state index in [0.717, 1.165) is 19.8 Å². The molecular weight excluding hydrogens is 371 g/mol. The second kappa shape index (κ2) is 8.34. The Balaban J connectivity index is 2.89. The normalized spacial score (nSPS) is 14.0. The quantitative estimate of drug-likeness (QED) is 0.456. The Hall–Kier alpha value is -0.550. The van der Waals surface area contributed by atoms with E-state index in [2.05, 4.69) is 5.32 Å². The first-order valence-corrected chi connectivity index (χ1v) is 8.79. The van der Waals surface area contributed by atoms with E-state index in [1.54, 1.807) is 6.08 Å². The third-order valence-electron chi connectivity index (χ3n) is 2.64. The van der Waals surface area contributed by atoms with Gasteiger partial charge in [-0.05, 0) is 11.6 Å². The molecule has 0 spiro atoms. The van der Waals surface area contributed by atoms with E-state index in [9.17, 15) is 9.36 Å². The van der Waals surface area contributed by atoms with Crippen molar-refractivity contribution in [3.8, 4) is 0 Å². The molecule has 1 unspecified atom stereocenters. The van der Waals surface area contributed by atoms with Crippen LogP contribution in [0.25, 0.3) is 6.08 Å². The van der Waals surface area contributed by atoms with Crippen LogP contribution in [0.15, 0.2) is 36.4 Å². The highest BCUT2D eigenvalue weighted by molar-refractivity contribution is 7.55. The fourth-order valence-electron chi connectivity index (χ4n) is 1.54. The maximum absolute atomic E-state index is 12.4. The number of carbonyl (C=O) groups is 1. The van der Waals surface area contributed by atoms with Crippen molar-refractivity contribution in [2.75, 3.05) is 14.2 Å². The lowest BCUT2D eigenvalue weighted by atomic mass is 10.2. The van der Waals surface area contributed by atoms with Gasteiger partial charge in [0.1, 0.15) is 0 Å². The number of hydrogen-bond acceptors (Lipinski definition) is 4. The van der Waals surface area contributed by atoms with E-state index in [0.29, 0.717) is 0 Å². The predicted octanol–water partition coefficient (Wildman–Crippen LogP) is 4.00. The third-order valence-corrected chi connectivity index (χ3v) is 5.92. The number of amides is 1. The zero-order valence-electron chi connectivity index (χ0n) is 11.8. The fraction of sp³-hybridized carbons (Fsp3) is 0.308. The molecule has 0 bridgehead atoms. The van der Waals surface area contributed by atoms with Gasteiger partial charge in [0.15, 0.2) is 5.78 Å². The molecule has 0 fully saturated rings. The molecule has 0 aliphatic rings. The summed E-state index contributed by atoms with van der Waals surface area (Å²) in [7, 11) is -1.55. The molecule has 1 aromatic carbocycles. The third kappa shape index (κ3) is 5.58. The Labute approximate surface area is 144 Å². The van der Waals surface area contributed by atoms with E-state index in [-0.39, 0.29) is 0 Å². The van der Waals surface area contributed by atoms with E-state index in [1.165, 1.54) is 6.08 Å². The van der Waals surface area contributed by atoms with Crippen molar-refractivity contribution in [1.82, 2.24) is 5.32 Å². The summed E-state index contributed by atoms with van der Waals surface area (Å²) in [5, 5.41) is 2.33. The number of alkyl halides is 3. The van der Waals surface area contributed by atoms with Crippen LogP contribution >= 0.6 is 42.4 Å². The minimum atomic E-state index is -3.82. The van der Waals surface area contributed by atoms with Crippen LogP contribution in [0.3, 0.4) is 0 Å². The van der Waals surface area contributed by atoms with Crippen LogP contribution < -0.4 is 5.32 Å². The lowest BCUT2D eigenvalue weighted by Gasteiger charge is -2.29. The number of hydrogen-bond donors (Lipinski definition) is 1. The molecule has 122 valence electrons. The summed E-state index contributed by atoms with van der Waals surface area (Å²) >= 11 is 17.3. The first-order chi connectivity index (χ1) is 10.2. The van der Waals surface area contributed by atoms with Gasteiger partial charge in [0, 0.05) is 20.3 Å². The standard InChI is InChI=1S/C13H15Cl3NO4P/c1-20-22(19,21-2)12(13(14,15)16)17-11(18)9-8-10-6-4-3-5-7-10/h3-9,12H,1-2H3,(H,17,18)/b9-8-. The van der Waals surface area contributed by atoms with E-state index >= 15 is 0 Å². The summed E-state index contributed by atoms with van der Waals surface area (Å²) < 4.78 is 19.9. The zero-order chi connectivity index (χ0) is 16.8. The fourth-order valence-corrected chi connectivity index (χ4v) is 4.00. The molecule has 0 heterocycles. The van der Waals surface area contributed by atoms with E-state index in [4.69, 9.17) is 43.9 Å². The SMILES string of the molecule is COP(=O)(OC)C(NC(=O)/C=C\c1ccccc1)C(Cl)(Cl)Cl. The highest BCUT2D eigenvalue weighted by Crippen LogP contribution is 2.57. The maximum Gasteiger partial charge on any atom is 0.356 e. The van der Waals surface area contributed by atoms with Crippen molar-refractivity contribution in [3.05, 3.63) is 42.0 Å². The van der Waals surface area contributed by atoms with Crippen LogP contribution in [-0.2, 0) is 18.4 Å². The Morgan fingerprint density at radius 1 is 1.23 bits per heavy atom. The number of carbonyl (C=O) groups excluding carboxylic acids is 1. The lowest BCUT2D eigenvalue weighted by Crippen LogP contribution is -2.43. The van der Waals surface area contributed by atoms with Gasteiger partial charge in [-0.1, -0.05) is 65.1 Å². The van der Waals surface area contributed by atoms with Crippen LogP contribution in [0.4, 0.5) is 0 Å². The molecule has 1 rings (SSSR count). The Morgan fingerprint density at radius 3 is 2.23 bits per heavy atom. The van der Waals surface area contributed by atoms with Gasteiger partial charge in [-0.3, -0.25) is 9.36 Å². The van der Waals surface area contributed by atoms with E-state index < -0.39 is 23.1 Å². The highest BCUT2D eigenvalue weighted by Gasteiger charge is 2.48. The number of nitrogens with one attached hydrogen (secondary N) is 1. The molecule has 1 N–H and O–H groups in total. The number of halogens is 3.